The highest BCUT2D eigenvalue weighted by Gasteiger charge is 2.12. The van der Waals surface area contributed by atoms with Crippen molar-refractivity contribution < 1.29 is 19.2 Å². The van der Waals surface area contributed by atoms with E-state index in [1.54, 1.807) is 109 Å². The van der Waals surface area contributed by atoms with Gasteiger partial charge >= 0.3 is 0 Å². The maximum atomic E-state index is 12.6. The second-order valence-corrected chi connectivity index (χ2v) is 7.71. The molecular weight excluding hydrogens is 456 g/mol. The molecule has 4 amide bonds. The largest absolute Gasteiger partial charge is 0.269 e. The first kappa shape index (κ1) is 23.9. The fourth-order valence-corrected chi connectivity index (χ4v) is 3.37. The normalized spacial score (nSPS) is 10.1. The van der Waals surface area contributed by atoms with E-state index in [4.69, 9.17) is 0 Å². The van der Waals surface area contributed by atoms with Crippen molar-refractivity contribution >= 4 is 23.6 Å². The van der Waals surface area contributed by atoms with Crippen molar-refractivity contribution in [1.29, 1.82) is 0 Å². The van der Waals surface area contributed by atoms with Gasteiger partial charge in [-0.05, 0) is 59.7 Å². The Labute approximate surface area is 207 Å². The van der Waals surface area contributed by atoms with Crippen LogP contribution in [0.25, 0.3) is 11.1 Å². The van der Waals surface area contributed by atoms with Gasteiger partial charge in [0.25, 0.3) is 23.6 Å². The highest BCUT2D eigenvalue weighted by Crippen LogP contribution is 2.22. The van der Waals surface area contributed by atoms with E-state index < -0.39 is 23.6 Å². The molecule has 0 aliphatic carbocycles. The monoisotopic (exact) mass is 478 g/mol. The van der Waals surface area contributed by atoms with E-state index in [9.17, 15) is 19.2 Å². The van der Waals surface area contributed by atoms with Gasteiger partial charge in [0.05, 0.1) is 0 Å². The Balaban J connectivity index is 1.40. The number of hydrogen-bond donors (Lipinski definition) is 4. The maximum absolute atomic E-state index is 12.6. The predicted octanol–water partition coefficient (Wildman–Crippen LogP) is 3.50. The molecule has 178 valence electrons. The Morgan fingerprint density at radius 3 is 1.03 bits per heavy atom. The minimum absolute atomic E-state index is 0.325. The molecular formula is C28H22N4O4. The zero-order valence-corrected chi connectivity index (χ0v) is 19.0. The Morgan fingerprint density at radius 1 is 0.361 bits per heavy atom. The van der Waals surface area contributed by atoms with Gasteiger partial charge in [-0.3, -0.25) is 40.9 Å². The lowest BCUT2D eigenvalue weighted by Gasteiger charge is -2.10. The van der Waals surface area contributed by atoms with Crippen LogP contribution < -0.4 is 21.7 Å². The van der Waals surface area contributed by atoms with Crippen LogP contribution in [0.3, 0.4) is 0 Å². The number of carbonyl (C=O) groups is 4. The summed E-state index contributed by atoms with van der Waals surface area (Å²) < 4.78 is 0. The van der Waals surface area contributed by atoms with E-state index in [1.807, 2.05) is 0 Å². The first-order chi connectivity index (χ1) is 17.5. The van der Waals surface area contributed by atoms with Crippen LogP contribution in [0.1, 0.15) is 41.4 Å². The molecule has 0 saturated carbocycles. The fraction of sp³-hybridized carbons (Fsp3) is 0. The molecule has 0 radical (unpaired) electrons. The lowest BCUT2D eigenvalue weighted by atomic mass is 10.0. The predicted molar refractivity (Wildman–Crippen MR) is 135 cm³/mol. The van der Waals surface area contributed by atoms with E-state index in [0.29, 0.717) is 33.4 Å². The van der Waals surface area contributed by atoms with E-state index in [1.165, 1.54) is 0 Å². The van der Waals surface area contributed by atoms with Crippen LogP contribution in [0.2, 0.25) is 0 Å². The second kappa shape index (κ2) is 11.3. The Kier molecular flexibility index (Phi) is 7.47. The summed E-state index contributed by atoms with van der Waals surface area (Å²) in [6.07, 6.45) is 0. The zero-order valence-electron chi connectivity index (χ0n) is 19.0. The number of carbonyl (C=O) groups excluding carboxylic acids is 4. The third kappa shape index (κ3) is 6.00. The molecule has 0 atom stereocenters. The first-order valence-corrected chi connectivity index (χ1v) is 11.0. The standard InChI is InChI=1S/C28H22N4O4/c33-25(19-9-3-1-4-10-19)29-31-27(35)23-15-7-13-21(17-23)22-14-8-16-24(18-22)28(36)32-30-26(34)20-11-5-2-6-12-20/h1-18H,(H,29,33)(H,30,34)(H,31,35)(H,32,36). The molecule has 8 nitrogen and oxygen atoms in total. The van der Waals surface area contributed by atoms with E-state index in [2.05, 4.69) is 21.7 Å². The molecule has 36 heavy (non-hydrogen) atoms. The van der Waals surface area contributed by atoms with Crippen molar-refractivity contribution in [2.45, 2.75) is 0 Å². The van der Waals surface area contributed by atoms with Crippen LogP contribution in [-0.2, 0) is 0 Å². The first-order valence-electron chi connectivity index (χ1n) is 11.0. The average Bonchev–Trinajstić information content (AvgIpc) is 2.95. The quantitative estimate of drug-likeness (QED) is 0.329. The molecule has 4 aromatic carbocycles. The van der Waals surface area contributed by atoms with Gasteiger partial charge in [0.15, 0.2) is 0 Å². The Bertz CT molecular complexity index is 1300. The Morgan fingerprint density at radius 2 is 0.667 bits per heavy atom. The van der Waals surface area contributed by atoms with Gasteiger partial charge < -0.3 is 0 Å². The van der Waals surface area contributed by atoms with Crippen molar-refractivity contribution in [2.24, 2.45) is 0 Å². The summed E-state index contributed by atoms with van der Waals surface area (Å²) in [6, 6.07) is 30.6. The molecule has 4 aromatic rings. The average molecular weight is 479 g/mol. The summed E-state index contributed by atoms with van der Waals surface area (Å²) in [7, 11) is 0. The van der Waals surface area contributed by atoms with Crippen LogP contribution in [0.4, 0.5) is 0 Å². The van der Waals surface area contributed by atoms with Crippen LogP contribution >= 0.6 is 0 Å². The van der Waals surface area contributed by atoms with Crippen molar-refractivity contribution in [1.82, 2.24) is 21.7 Å². The van der Waals surface area contributed by atoms with Gasteiger partial charge in [0, 0.05) is 22.3 Å². The van der Waals surface area contributed by atoms with E-state index >= 15 is 0 Å². The molecule has 0 fully saturated rings. The highest BCUT2D eigenvalue weighted by molar-refractivity contribution is 6.01. The fourth-order valence-electron chi connectivity index (χ4n) is 3.37. The smallest absolute Gasteiger partial charge is 0.267 e. The van der Waals surface area contributed by atoms with Gasteiger partial charge in [-0.15, -0.1) is 0 Å². The zero-order chi connectivity index (χ0) is 25.3. The molecule has 8 heteroatoms. The van der Waals surface area contributed by atoms with Crippen LogP contribution in [0.15, 0.2) is 109 Å². The third-order valence-corrected chi connectivity index (χ3v) is 5.23. The number of amides is 4. The minimum Gasteiger partial charge on any atom is -0.267 e. The van der Waals surface area contributed by atoms with Gasteiger partial charge in [-0.2, -0.15) is 0 Å². The number of hydrazine groups is 2. The molecule has 0 aliphatic heterocycles. The summed E-state index contributed by atoms with van der Waals surface area (Å²) in [5, 5.41) is 0. The summed E-state index contributed by atoms with van der Waals surface area (Å²) in [5.41, 5.74) is 12.5. The number of nitrogens with one attached hydrogen (secondary N) is 4. The molecule has 0 heterocycles. The summed E-state index contributed by atoms with van der Waals surface area (Å²) >= 11 is 0. The molecule has 0 unspecified atom stereocenters. The topological polar surface area (TPSA) is 116 Å². The molecule has 4 N–H and O–H groups in total. The summed E-state index contributed by atoms with van der Waals surface area (Å²) in [5.74, 6) is -1.84. The number of hydrogen-bond acceptors (Lipinski definition) is 4. The number of rotatable bonds is 5. The van der Waals surface area contributed by atoms with Crippen molar-refractivity contribution in [3.8, 4) is 11.1 Å². The van der Waals surface area contributed by atoms with Gasteiger partial charge in [0.1, 0.15) is 0 Å². The van der Waals surface area contributed by atoms with E-state index in [0.717, 1.165) is 0 Å². The van der Waals surface area contributed by atoms with Gasteiger partial charge in [0.2, 0.25) is 0 Å². The van der Waals surface area contributed by atoms with Crippen molar-refractivity contribution in [3.05, 3.63) is 131 Å². The maximum Gasteiger partial charge on any atom is 0.269 e. The summed E-state index contributed by atoms with van der Waals surface area (Å²) in [4.78, 5) is 49.5. The van der Waals surface area contributed by atoms with Crippen molar-refractivity contribution in [2.75, 3.05) is 0 Å². The molecule has 0 aliphatic rings. The van der Waals surface area contributed by atoms with Crippen molar-refractivity contribution in [3.63, 3.8) is 0 Å². The molecule has 0 saturated heterocycles. The lowest BCUT2D eigenvalue weighted by molar-refractivity contribution is 0.0846. The third-order valence-electron chi connectivity index (χ3n) is 5.23. The lowest BCUT2D eigenvalue weighted by Crippen LogP contribution is -2.41. The molecule has 0 bridgehead atoms. The second-order valence-electron chi connectivity index (χ2n) is 7.71. The van der Waals surface area contributed by atoms with Crippen LogP contribution in [0.5, 0.6) is 0 Å². The summed E-state index contributed by atoms with van der Waals surface area (Å²) in [6.45, 7) is 0. The minimum atomic E-state index is -0.487. The van der Waals surface area contributed by atoms with Gasteiger partial charge in [-0.1, -0.05) is 60.7 Å². The molecule has 0 spiro atoms. The Hall–Kier alpha value is -5.24. The van der Waals surface area contributed by atoms with Crippen LogP contribution in [-0.4, -0.2) is 23.6 Å². The number of benzene rings is 4. The molecule has 4 rings (SSSR count). The van der Waals surface area contributed by atoms with Crippen LogP contribution in [0, 0.1) is 0 Å². The van der Waals surface area contributed by atoms with Gasteiger partial charge in [-0.25, -0.2) is 0 Å². The highest BCUT2D eigenvalue weighted by atomic mass is 16.2. The SMILES string of the molecule is O=C(NNC(=O)c1cccc(-c2cccc(C(=O)NNC(=O)c3ccccc3)c2)c1)c1ccccc1. The molecule has 0 aromatic heterocycles. The van der Waals surface area contributed by atoms with E-state index in [-0.39, 0.29) is 0 Å².